The third kappa shape index (κ3) is 3.12. The molecule has 1 aromatic carbocycles. The Hall–Kier alpha value is -3.43. The molecular weight excluding hydrogens is 421 g/mol. The summed E-state index contributed by atoms with van der Waals surface area (Å²) in [5, 5.41) is 0. The molecule has 1 saturated carbocycles. The minimum absolute atomic E-state index is 0.0798. The third-order valence-corrected chi connectivity index (χ3v) is 6.16. The van der Waals surface area contributed by atoms with Gasteiger partial charge in [0.15, 0.2) is 17.5 Å². The number of imidazole rings is 1. The zero-order valence-electron chi connectivity index (χ0n) is 17.5. The molecule has 1 atom stereocenters. The SMILES string of the molecule is CC[C@@H]1C(=O)N(C)c2cnc(-n3ccnc3-c3ccc(F)c(F)c3)nc2N1C1CC(F)C1. The number of alkyl halides is 1. The van der Waals surface area contributed by atoms with Crippen LogP contribution < -0.4 is 9.80 Å². The predicted octanol–water partition coefficient (Wildman–Crippen LogP) is 3.67. The second-order valence-electron chi connectivity index (χ2n) is 8.08. The molecule has 3 aromatic rings. The molecule has 10 heteroatoms. The fourth-order valence-electron chi connectivity index (χ4n) is 4.37. The van der Waals surface area contributed by atoms with Crippen molar-refractivity contribution in [3.05, 3.63) is 48.4 Å². The van der Waals surface area contributed by atoms with Crippen LogP contribution in [0, 0.1) is 11.6 Å². The van der Waals surface area contributed by atoms with Gasteiger partial charge in [0, 0.05) is 31.0 Å². The van der Waals surface area contributed by atoms with Gasteiger partial charge in [-0.25, -0.2) is 23.1 Å². The average Bonchev–Trinajstić information content (AvgIpc) is 3.25. The third-order valence-electron chi connectivity index (χ3n) is 6.16. The molecule has 1 amide bonds. The molecule has 0 spiro atoms. The number of benzene rings is 1. The van der Waals surface area contributed by atoms with E-state index in [4.69, 9.17) is 4.98 Å². The van der Waals surface area contributed by atoms with E-state index in [1.807, 2.05) is 11.8 Å². The van der Waals surface area contributed by atoms with Crippen molar-refractivity contribution in [1.82, 2.24) is 19.5 Å². The number of carbonyl (C=O) groups excluding carboxylic acids is 1. The fraction of sp³-hybridized carbons (Fsp3) is 0.364. The Morgan fingerprint density at radius 2 is 1.94 bits per heavy atom. The number of amides is 1. The zero-order valence-corrected chi connectivity index (χ0v) is 17.5. The van der Waals surface area contributed by atoms with Crippen LogP contribution in [0.25, 0.3) is 17.3 Å². The van der Waals surface area contributed by atoms with Crippen LogP contribution in [-0.2, 0) is 4.79 Å². The molecule has 0 N–H and O–H groups in total. The van der Waals surface area contributed by atoms with Gasteiger partial charge in [0.1, 0.15) is 23.7 Å². The lowest BCUT2D eigenvalue weighted by molar-refractivity contribution is -0.120. The summed E-state index contributed by atoms with van der Waals surface area (Å²) in [4.78, 5) is 29.7. The number of anilines is 2. The summed E-state index contributed by atoms with van der Waals surface area (Å²) in [5.41, 5.74) is 0.908. The Morgan fingerprint density at radius 3 is 2.62 bits per heavy atom. The molecule has 3 heterocycles. The Balaban J connectivity index is 1.61. The van der Waals surface area contributed by atoms with Crippen LogP contribution in [0.5, 0.6) is 0 Å². The molecule has 5 rings (SSSR count). The molecule has 2 aromatic heterocycles. The van der Waals surface area contributed by atoms with E-state index in [1.54, 1.807) is 24.0 Å². The highest BCUT2D eigenvalue weighted by Gasteiger charge is 2.45. The van der Waals surface area contributed by atoms with Crippen LogP contribution in [0.3, 0.4) is 0 Å². The van der Waals surface area contributed by atoms with E-state index < -0.39 is 23.8 Å². The number of hydrogen-bond donors (Lipinski definition) is 0. The molecule has 166 valence electrons. The molecule has 0 bridgehead atoms. The van der Waals surface area contributed by atoms with Crippen molar-refractivity contribution in [2.45, 2.75) is 44.4 Å². The summed E-state index contributed by atoms with van der Waals surface area (Å²) in [6.07, 6.45) is 5.05. The minimum atomic E-state index is -0.980. The predicted molar refractivity (Wildman–Crippen MR) is 112 cm³/mol. The lowest BCUT2D eigenvalue weighted by Gasteiger charge is -2.48. The average molecular weight is 442 g/mol. The van der Waals surface area contributed by atoms with Crippen LogP contribution in [0.4, 0.5) is 24.7 Å². The maximum Gasteiger partial charge on any atom is 0.249 e. The Kier molecular flexibility index (Phi) is 4.87. The van der Waals surface area contributed by atoms with Gasteiger partial charge in [-0.05, 0) is 37.5 Å². The summed E-state index contributed by atoms with van der Waals surface area (Å²) < 4.78 is 42.4. The first kappa shape index (κ1) is 20.5. The van der Waals surface area contributed by atoms with E-state index in [0.29, 0.717) is 42.2 Å². The van der Waals surface area contributed by atoms with Gasteiger partial charge >= 0.3 is 0 Å². The van der Waals surface area contributed by atoms with E-state index in [9.17, 15) is 18.0 Å². The van der Waals surface area contributed by atoms with Crippen molar-refractivity contribution < 1.29 is 18.0 Å². The smallest absolute Gasteiger partial charge is 0.249 e. The number of nitrogens with zero attached hydrogens (tertiary/aromatic N) is 6. The van der Waals surface area contributed by atoms with Crippen molar-refractivity contribution in [2.24, 2.45) is 0 Å². The van der Waals surface area contributed by atoms with Gasteiger partial charge in [0.2, 0.25) is 11.9 Å². The Labute approximate surface area is 182 Å². The highest BCUT2D eigenvalue weighted by Crippen LogP contribution is 2.41. The topological polar surface area (TPSA) is 67.2 Å². The summed E-state index contributed by atoms with van der Waals surface area (Å²) in [7, 11) is 1.67. The van der Waals surface area contributed by atoms with Crippen LogP contribution in [0.1, 0.15) is 26.2 Å². The molecule has 0 unspecified atom stereocenters. The second-order valence-corrected chi connectivity index (χ2v) is 8.08. The molecule has 0 saturated heterocycles. The number of hydrogen-bond acceptors (Lipinski definition) is 5. The van der Waals surface area contributed by atoms with Crippen molar-refractivity contribution in [1.29, 1.82) is 0 Å². The normalized spacial score (nSPS) is 22.7. The van der Waals surface area contributed by atoms with E-state index in [2.05, 4.69) is 9.97 Å². The molecular formula is C22H21F3N6O. The first-order valence-corrected chi connectivity index (χ1v) is 10.4. The lowest BCUT2D eigenvalue weighted by atomic mass is 9.87. The van der Waals surface area contributed by atoms with E-state index >= 15 is 0 Å². The molecule has 1 fully saturated rings. The maximum absolute atomic E-state index is 13.8. The Morgan fingerprint density at radius 1 is 1.16 bits per heavy atom. The number of carbonyl (C=O) groups is 1. The standard InChI is InChI=1S/C22H21F3N6O/c1-3-17-21(32)29(2)18-11-27-22(28-20(18)31(17)14-9-13(23)10-14)30-7-6-26-19(30)12-4-5-15(24)16(25)8-12/h4-8,11,13-14,17H,3,9-10H2,1-2H3/t13?,14?,17-/m1/s1. The molecule has 2 aliphatic rings. The van der Waals surface area contributed by atoms with Gasteiger partial charge in [-0.3, -0.25) is 9.36 Å². The number of fused-ring (bicyclic) bond motifs is 1. The van der Waals surface area contributed by atoms with Crippen LogP contribution in [0.2, 0.25) is 0 Å². The first-order chi connectivity index (χ1) is 15.4. The van der Waals surface area contributed by atoms with E-state index in [1.165, 1.54) is 17.2 Å². The highest BCUT2D eigenvalue weighted by atomic mass is 19.2. The lowest BCUT2D eigenvalue weighted by Crippen LogP contribution is -2.59. The second kappa shape index (κ2) is 7.61. The van der Waals surface area contributed by atoms with Gasteiger partial charge in [-0.1, -0.05) is 6.92 Å². The largest absolute Gasteiger partial charge is 0.339 e. The van der Waals surface area contributed by atoms with Crippen LogP contribution in [-0.4, -0.2) is 50.7 Å². The molecule has 1 aliphatic carbocycles. The quantitative estimate of drug-likeness (QED) is 0.617. The van der Waals surface area contributed by atoms with Crippen LogP contribution >= 0.6 is 0 Å². The number of aromatic nitrogens is 4. The van der Waals surface area contributed by atoms with Gasteiger partial charge in [-0.2, -0.15) is 4.98 Å². The molecule has 7 nitrogen and oxygen atoms in total. The number of likely N-dealkylation sites (N-methyl/N-ethyl adjacent to an activating group) is 1. The summed E-state index contributed by atoms with van der Waals surface area (Å²) in [6.45, 7) is 1.92. The van der Waals surface area contributed by atoms with Gasteiger partial charge < -0.3 is 9.80 Å². The molecule has 0 radical (unpaired) electrons. The first-order valence-electron chi connectivity index (χ1n) is 10.4. The van der Waals surface area contributed by atoms with E-state index in [0.717, 1.165) is 12.1 Å². The van der Waals surface area contributed by atoms with Gasteiger partial charge in [0.05, 0.1) is 6.20 Å². The number of rotatable bonds is 4. The highest BCUT2D eigenvalue weighted by molar-refractivity contribution is 6.04. The monoisotopic (exact) mass is 442 g/mol. The van der Waals surface area contributed by atoms with Gasteiger partial charge in [0.25, 0.3) is 0 Å². The zero-order chi connectivity index (χ0) is 22.6. The molecule has 32 heavy (non-hydrogen) atoms. The summed E-state index contributed by atoms with van der Waals surface area (Å²) in [6, 6.07) is 2.96. The van der Waals surface area contributed by atoms with Crippen molar-refractivity contribution in [3.63, 3.8) is 0 Å². The number of halogens is 3. The Bertz CT molecular complexity index is 1190. The maximum atomic E-state index is 13.8. The fourth-order valence-corrected chi connectivity index (χ4v) is 4.37. The van der Waals surface area contributed by atoms with E-state index in [-0.39, 0.29) is 17.9 Å². The van der Waals surface area contributed by atoms with Crippen molar-refractivity contribution in [3.8, 4) is 17.3 Å². The summed E-state index contributed by atoms with van der Waals surface area (Å²) in [5.74, 6) is -0.854. The van der Waals surface area contributed by atoms with Gasteiger partial charge in [-0.15, -0.1) is 0 Å². The van der Waals surface area contributed by atoms with Crippen LogP contribution in [0.15, 0.2) is 36.8 Å². The molecule has 1 aliphatic heterocycles. The minimum Gasteiger partial charge on any atom is -0.339 e. The van der Waals surface area contributed by atoms with Crippen molar-refractivity contribution >= 4 is 17.4 Å². The summed E-state index contributed by atoms with van der Waals surface area (Å²) >= 11 is 0. The van der Waals surface area contributed by atoms with Crippen molar-refractivity contribution in [2.75, 3.05) is 16.8 Å².